The standard InChI is InChI=1S/C23H27N5O6S/c1-34-22(33)17-7-2-3-8-18(17)35-10-9-16(12-20(30)31)27-19(29)13-26-21(32)14-5-4-6-15(11-14)28-23(24)25/h2-8,11,16H,9-10,12-13H2,1H3,(H,26,32)(H,27,29)(H,30,31)(H4,24,25,28). The Morgan fingerprint density at radius 1 is 1.11 bits per heavy atom. The maximum atomic E-state index is 12.4. The van der Waals surface area contributed by atoms with Gasteiger partial charge in [0.1, 0.15) is 0 Å². The third-order valence-electron chi connectivity index (χ3n) is 4.58. The summed E-state index contributed by atoms with van der Waals surface area (Å²) in [5.41, 5.74) is 11.7. The highest BCUT2D eigenvalue weighted by Crippen LogP contribution is 2.24. The summed E-state index contributed by atoms with van der Waals surface area (Å²) in [6, 6.07) is 12.4. The fraction of sp³-hybridized carbons (Fsp3) is 0.261. The summed E-state index contributed by atoms with van der Waals surface area (Å²) in [5.74, 6) is -2.31. The molecule has 0 aliphatic rings. The van der Waals surface area contributed by atoms with Crippen molar-refractivity contribution in [1.29, 1.82) is 0 Å². The van der Waals surface area contributed by atoms with Gasteiger partial charge in [-0.15, -0.1) is 11.8 Å². The number of hydrogen-bond acceptors (Lipinski definition) is 7. The Balaban J connectivity index is 1.91. The van der Waals surface area contributed by atoms with Gasteiger partial charge in [-0.05, 0) is 42.5 Å². The van der Waals surface area contributed by atoms with E-state index in [-0.39, 0.29) is 24.5 Å². The average Bonchev–Trinajstić information content (AvgIpc) is 2.81. The zero-order valence-corrected chi connectivity index (χ0v) is 19.8. The number of benzene rings is 2. The molecule has 2 aromatic carbocycles. The summed E-state index contributed by atoms with van der Waals surface area (Å²) >= 11 is 1.35. The van der Waals surface area contributed by atoms with Gasteiger partial charge in [0.25, 0.3) is 5.91 Å². The van der Waals surface area contributed by atoms with Crippen molar-refractivity contribution in [3.05, 3.63) is 59.7 Å². The zero-order valence-electron chi connectivity index (χ0n) is 19.0. The summed E-state index contributed by atoms with van der Waals surface area (Å²) in [5, 5.41) is 14.3. The highest BCUT2D eigenvalue weighted by atomic mass is 32.2. The molecule has 7 N–H and O–H groups in total. The molecule has 0 spiro atoms. The molecule has 11 nitrogen and oxygen atoms in total. The van der Waals surface area contributed by atoms with Crippen LogP contribution in [0, 0.1) is 0 Å². The molecular weight excluding hydrogens is 474 g/mol. The Labute approximate surface area is 206 Å². The maximum absolute atomic E-state index is 12.4. The quantitative estimate of drug-likeness (QED) is 0.123. The number of esters is 1. The van der Waals surface area contributed by atoms with Crippen LogP contribution in [0.5, 0.6) is 0 Å². The second-order valence-corrected chi connectivity index (χ2v) is 8.39. The van der Waals surface area contributed by atoms with Gasteiger partial charge in [0.05, 0.1) is 31.3 Å². The van der Waals surface area contributed by atoms with E-state index in [9.17, 15) is 24.3 Å². The number of nitrogens with two attached hydrogens (primary N) is 2. The predicted molar refractivity (Wildman–Crippen MR) is 132 cm³/mol. The van der Waals surface area contributed by atoms with Crippen molar-refractivity contribution in [2.45, 2.75) is 23.8 Å². The molecular formula is C23H27N5O6S. The first-order valence-electron chi connectivity index (χ1n) is 10.5. The molecule has 0 aromatic heterocycles. The van der Waals surface area contributed by atoms with Gasteiger partial charge in [-0.25, -0.2) is 9.79 Å². The topological polar surface area (TPSA) is 186 Å². The van der Waals surface area contributed by atoms with Crippen LogP contribution in [0.1, 0.15) is 33.6 Å². The van der Waals surface area contributed by atoms with Crippen molar-refractivity contribution in [3.8, 4) is 0 Å². The van der Waals surface area contributed by atoms with Crippen LogP contribution in [0.3, 0.4) is 0 Å². The summed E-state index contributed by atoms with van der Waals surface area (Å²) in [7, 11) is 1.29. The fourth-order valence-corrected chi connectivity index (χ4v) is 4.13. The van der Waals surface area contributed by atoms with Gasteiger partial charge in [0.15, 0.2) is 5.96 Å². The number of amides is 2. The van der Waals surface area contributed by atoms with Gasteiger partial charge < -0.3 is 31.9 Å². The minimum absolute atomic E-state index is 0.154. The van der Waals surface area contributed by atoms with Gasteiger partial charge in [-0.2, -0.15) is 0 Å². The molecule has 0 saturated carbocycles. The number of nitrogens with one attached hydrogen (secondary N) is 2. The number of hydrogen-bond donors (Lipinski definition) is 5. The molecule has 0 bridgehead atoms. The van der Waals surface area contributed by atoms with Crippen LogP contribution in [0.4, 0.5) is 5.69 Å². The lowest BCUT2D eigenvalue weighted by Gasteiger charge is -2.17. The number of thioether (sulfide) groups is 1. The maximum Gasteiger partial charge on any atom is 0.338 e. The first kappa shape index (κ1) is 27.2. The molecule has 0 heterocycles. The Bertz CT molecular complexity index is 1100. The number of carboxylic acids is 1. The second kappa shape index (κ2) is 13.6. The summed E-state index contributed by atoms with van der Waals surface area (Å²) in [6.07, 6.45) is 0.0339. The molecule has 0 aliphatic heterocycles. The minimum atomic E-state index is -1.07. The molecule has 1 atom stereocenters. The lowest BCUT2D eigenvalue weighted by atomic mass is 10.1. The first-order valence-corrected chi connectivity index (χ1v) is 11.5. The number of carbonyl (C=O) groups is 4. The Morgan fingerprint density at radius 2 is 1.86 bits per heavy atom. The van der Waals surface area contributed by atoms with Gasteiger partial charge in [-0.1, -0.05) is 18.2 Å². The molecule has 2 rings (SSSR count). The Kier molecular flexibility index (Phi) is 10.6. The number of guanidine groups is 1. The van der Waals surface area contributed by atoms with Gasteiger partial charge >= 0.3 is 11.9 Å². The number of aliphatic imine (C=N–C) groups is 1. The second-order valence-electron chi connectivity index (χ2n) is 7.26. The van der Waals surface area contributed by atoms with Gasteiger partial charge in [-0.3, -0.25) is 14.4 Å². The first-order chi connectivity index (χ1) is 16.7. The fourth-order valence-electron chi connectivity index (χ4n) is 3.03. The number of aliphatic carboxylic acids is 1. The molecule has 0 aliphatic carbocycles. The van der Waals surface area contributed by atoms with Crippen LogP contribution < -0.4 is 22.1 Å². The van der Waals surface area contributed by atoms with Crippen molar-refractivity contribution >= 4 is 47.2 Å². The lowest BCUT2D eigenvalue weighted by Crippen LogP contribution is -2.43. The van der Waals surface area contributed by atoms with E-state index in [1.165, 1.54) is 31.0 Å². The van der Waals surface area contributed by atoms with E-state index >= 15 is 0 Å². The number of carboxylic acid groups (broad SMARTS) is 1. The molecule has 1 unspecified atom stereocenters. The smallest absolute Gasteiger partial charge is 0.338 e. The summed E-state index contributed by atoms with van der Waals surface area (Å²) in [6.45, 7) is -0.347. The van der Waals surface area contributed by atoms with Crippen LogP contribution in [0.15, 0.2) is 58.4 Å². The Hall–Kier alpha value is -4.06. The molecule has 0 fully saturated rings. The zero-order chi connectivity index (χ0) is 25.8. The van der Waals surface area contributed by atoms with Crippen molar-refractivity contribution < 1.29 is 29.0 Å². The molecule has 12 heteroatoms. The van der Waals surface area contributed by atoms with E-state index in [0.29, 0.717) is 28.3 Å². The van der Waals surface area contributed by atoms with Crippen LogP contribution >= 0.6 is 11.8 Å². The highest BCUT2D eigenvalue weighted by Gasteiger charge is 2.18. The summed E-state index contributed by atoms with van der Waals surface area (Å²) < 4.78 is 4.77. The molecule has 2 aromatic rings. The largest absolute Gasteiger partial charge is 0.481 e. The van der Waals surface area contributed by atoms with E-state index in [4.69, 9.17) is 16.2 Å². The molecule has 35 heavy (non-hydrogen) atoms. The van der Waals surface area contributed by atoms with E-state index in [1.807, 2.05) is 0 Å². The van der Waals surface area contributed by atoms with Gasteiger partial charge in [0.2, 0.25) is 5.91 Å². The number of carbonyl (C=O) groups excluding carboxylic acids is 3. The highest BCUT2D eigenvalue weighted by molar-refractivity contribution is 7.99. The molecule has 2 amide bonds. The Morgan fingerprint density at radius 3 is 2.54 bits per heavy atom. The van der Waals surface area contributed by atoms with E-state index in [1.54, 1.807) is 36.4 Å². The lowest BCUT2D eigenvalue weighted by molar-refractivity contribution is -0.137. The molecule has 0 saturated heterocycles. The number of ether oxygens (including phenoxy) is 1. The average molecular weight is 502 g/mol. The number of rotatable bonds is 12. The predicted octanol–water partition coefficient (Wildman–Crippen LogP) is 1.25. The summed E-state index contributed by atoms with van der Waals surface area (Å²) in [4.78, 5) is 52.4. The van der Waals surface area contributed by atoms with E-state index in [0.717, 1.165) is 0 Å². The van der Waals surface area contributed by atoms with E-state index in [2.05, 4.69) is 15.6 Å². The third-order valence-corrected chi connectivity index (χ3v) is 5.69. The van der Waals surface area contributed by atoms with Crippen molar-refractivity contribution in [2.24, 2.45) is 16.5 Å². The van der Waals surface area contributed by atoms with E-state index < -0.39 is 29.8 Å². The molecule has 186 valence electrons. The van der Waals surface area contributed by atoms with Crippen molar-refractivity contribution in [1.82, 2.24) is 10.6 Å². The van der Waals surface area contributed by atoms with Crippen molar-refractivity contribution in [2.75, 3.05) is 19.4 Å². The number of methoxy groups -OCH3 is 1. The molecule has 0 radical (unpaired) electrons. The number of nitrogens with zero attached hydrogens (tertiary/aromatic N) is 1. The van der Waals surface area contributed by atoms with Crippen LogP contribution in [-0.2, 0) is 14.3 Å². The monoisotopic (exact) mass is 501 g/mol. The van der Waals surface area contributed by atoms with Crippen molar-refractivity contribution in [3.63, 3.8) is 0 Å². The van der Waals surface area contributed by atoms with Crippen LogP contribution in [0.25, 0.3) is 0 Å². The third kappa shape index (κ3) is 9.37. The van der Waals surface area contributed by atoms with Gasteiger partial charge in [0, 0.05) is 16.5 Å². The normalized spacial score (nSPS) is 11.1. The van der Waals surface area contributed by atoms with Crippen LogP contribution in [0.2, 0.25) is 0 Å². The van der Waals surface area contributed by atoms with Crippen LogP contribution in [-0.4, -0.2) is 60.3 Å². The SMILES string of the molecule is COC(=O)c1ccccc1SCCC(CC(=O)O)NC(=O)CNC(=O)c1cccc(N=C(N)N)c1. The minimum Gasteiger partial charge on any atom is -0.481 e.